The van der Waals surface area contributed by atoms with E-state index in [1.165, 1.54) is 48.9 Å². The number of nitrogens with zero attached hydrogens (tertiary/aromatic N) is 3. The smallest absolute Gasteiger partial charge is 0.277 e. The Morgan fingerprint density at radius 3 is 2.72 bits per heavy atom. The Morgan fingerprint density at radius 2 is 1.93 bits per heavy atom. The summed E-state index contributed by atoms with van der Waals surface area (Å²) in [6.45, 7) is 0.633. The fourth-order valence-electron chi connectivity index (χ4n) is 3.52. The number of halogens is 1. The Hall–Kier alpha value is -3.22. The van der Waals surface area contributed by atoms with E-state index in [1.807, 2.05) is 6.07 Å². The van der Waals surface area contributed by atoms with Crippen LogP contribution in [0.4, 0.5) is 10.2 Å². The number of carbonyl (C=O) groups excluding carboxylic acids is 1. The van der Waals surface area contributed by atoms with Crippen LogP contribution >= 0.6 is 0 Å². The lowest BCUT2D eigenvalue weighted by atomic mass is 9.90. The Morgan fingerprint density at radius 1 is 1.14 bits per heavy atom. The standard InChI is InChI=1S/C22H23FN4O2/c23-17-8-10-18(11-9-17)27-14-12-19(26-27)22(28)25-21-20(7-4-13-24-21)29-15-16-5-2-1-3-6-16/h4,7-14,16H,1-3,5-6,15H2,(H,24,25,28). The van der Waals surface area contributed by atoms with E-state index < -0.39 is 0 Å². The molecule has 0 bridgehead atoms. The first kappa shape index (κ1) is 19.1. The van der Waals surface area contributed by atoms with Crippen LogP contribution in [0.1, 0.15) is 42.6 Å². The third kappa shape index (κ3) is 4.80. The highest BCUT2D eigenvalue weighted by atomic mass is 19.1. The van der Waals surface area contributed by atoms with Gasteiger partial charge in [0, 0.05) is 12.4 Å². The molecular formula is C22H23FN4O2. The van der Waals surface area contributed by atoms with Gasteiger partial charge in [-0.25, -0.2) is 14.1 Å². The third-order valence-electron chi connectivity index (χ3n) is 5.11. The van der Waals surface area contributed by atoms with Gasteiger partial charge in [0.05, 0.1) is 12.3 Å². The van der Waals surface area contributed by atoms with E-state index in [4.69, 9.17) is 4.74 Å². The van der Waals surface area contributed by atoms with Crippen molar-refractivity contribution in [2.75, 3.05) is 11.9 Å². The van der Waals surface area contributed by atoms with Crippen LogP contribution in [0, 0.1) is 11.7 Å². The Kier molecular flexibility index (Phi) is 5.84. The number of amides is 1. The molecule has 4 rings (SSSR count). The van der Waals surface area contributed by atoms with Crippen molar-refractivity contribution in [3.05, 3.63) is 66.4 Å². The van der Waals surface area contributed by atoms with Gasteiger partial charge in [-0.1, -0.05) is 19.3 Å². The summed E-state index contributed by atoms with van der Waals surface area (Å²) >= 11 is 0. The van der Waals surface area contributed by atoms with E-state index >= 15 is 0 Å². The number of aromatic nitrogens is 3. The summed E-state index contributed by atoms with van der Waals surface area (Å²) in [5.74, 6) is 0.787. The molecule has 3 aromatic rings. The first-order chi connectivity index (χ1) is 14.2. The molecule has 1 aliphatic rings. The predicted molar refractivity (Wildman–Crippen MR) is 108 cm³/mol. The number of hydrogen-bond acceptors (Lipinski definition) is 4. The largest absolute Gasteiger partial charge is 0.489 e. The minimum atomic E-state index is -0.382. The minimum Gasteiger partial charge on any atom is -0.489 e. The van der Waals surface area contributed by atoms with Crippen molar-refractivity contribution in [1.82, 2.24) is 14.8 Å². The van der Waals surface area contributed by atoms with E-state index in [1.54, 1.807) is 36.7 Å². The highest BCUT2D eigenvalue weighted by Gasteiger charge is 2.17. The van der Waals surface area contributed by atoms with Crippen LogP contribution in [0.3, 0.4) is 0 Å². The third-order valence-corrected chi connectivity index (χ3v) is 5.11. The number of hydrogen-bond donors (Lipinski definition) is 1. The summed E-state index contributed by atoms with van der Waals surface area (Å²) in [6, 6.07) is 11.1. The number of ether oxygens (including phenoxy) is 1. The fraction of sp³-hybridized carbons (Fsp3) is 0.318. The van der Waals surface area contributed by atoms with Crippen molar-refractivity contribution in [2.24, 2.45) is 5.92 Å². The maximum Gasteiger partial charge on any atom is 0.277 e. The van der Waals surface area contributed by atoms with E-state index in [9.17, 15) is 9.18 Å². The molecule has 7 heteroatoms. The van der Waals surface area contributed by atoms with Gasteiger partial charge < -0.3 is 10.1 Å². The molecule has 1 saturated carbocycles. The van der Waals surface area contributed by atoms with Crippen LogP contribution in [0.2, 0.25) is 0 Å². The van der Waals surface area contributed by atoms with Crippen LogP contribution in [-0.4, -0.2) is 27.3 Å². The first-order valence-electron chi connectivity index (χ1n) is 9.90. The molecule has 29 heavy (non-hydrogen) atoms. The van der Waals surface area contributed by atoms with E-state index in [0.717, 1.165) is 0 Å². The van der Waals surface area contributed by atoms with Crippen LogP contribution in [0.25, 0.3) is 5.69 Å². The SMILES string of the molecule is O=C(Nc1ncccc1OCC1CCCCC1)c1ccn(-c2ccc(F)cc2)n1. The molecule has 2 aromatic heterocycles. The van der Waals surface area contributed by atoms with Gasteiger partial charge in [-0.05, 0) is 61.2 Å². The summed E-state index contributed by atoms with van der Waals surface area (Å²) in [7, 11) is 0. The zero-order chi connectivity index (χ0) is 20.1. The molecular weight excluding hydrogens is 371 g/mol. The molecule has 1 N–H and O–H groups in total. The van der Waals surface area contributed by atoms with Crippen LogP contribution in [0.15, 0.2) is 54.9 Å². The van der Waals surface area contributed by atoms with E-state index in [0.29, 0.717) is 29.8 Å². The normalized spacial score (nSPS) is 14.5. The van der Waals surface area contributed by atoms with Crippen molar-refractivity contribution in [3.8, 4) is 11.4 Å². The predicted octanol–water partition coefficient (Wildman–Crippen LogP) is 4.62. The molecule has 1 fully saturated rings. The van der Waals surface area contributed by atoms with Gasteiger partial charge in [0.1, 0.15) is 5.82 Å². The summed E-state index contributed by atoms with van der Waals surface area (Å²) in [5, 5.41) is 7.05. The fourth-order valence-corrected chi connectivity index (χ4v) is 3.52. The Balaban J connectivity index is 1.42. The molecule has 0 aliphatic heterocycles. The van der Waals surface area contributed by atoms with Gasteiger partial charge >= 0.3 is 0 Å². The summed E-state index contributed by atoms with van der Waals surface area (Å²) in [5.41, 5.74) is 0.901. The monoisotopic (exact) mass is 394 g/mol. The molecule has 0 saturated heterocycles. The molecule has 0 radical (unpaired) electrons. The average Bonchev–Trinajstić information content (AvgIpc) is 3.25. The maximum absolute atomic E-state index is 13.1. The number of rotatable bonds is 6. The summed E-state index contributed by atoms with van der Waals surface area (Å²) < 4.78 is 20.6. The molecule has 1 aliphatic carbocycles. The Bertz CT molecular complexity index is 965. The Labute approximate surface area is 168 Å². The van der Waals surface area contributed by atoms with E-state index in [-0.39, 0.29) is 17.4 Å². The zero-order valence-corrected chi connectivity index (χ0v) is 16.1. The quantitative estimate of drug-likeness (QED) is 0.662. The zero-order valence-electron chi connectivity index (χ0n) is 16.1. The van der Waals surface area contributed by atoms with Crippen LogP contribution < -0.4 is 10.1 Å². The van der Waals surface area contributed by atoms with E-state index in [2.05, 4.69) is 15.4 Å². The number of pyridine rings is 1. The van der Waals surface area contributed by atoms with Gasteiger partial charge in [-0.2, -0.15) is 5.10 Å². The number of benzene rings is 1. The van der Waals surface area contributed by atoms with Crippen molar-refractivity contribution >= 4 is 11.7 Å². The van der Waals surface area contributed by atoms with Crippen LogP contribution in [-0.2, 0) is 0 Å². The summed E-state index contributed by atoms with van der Waals surface area (Å²) in [4.78, 5) is 16.9. The highest BCUT2D eigenvalue weighted by Crippen LogP contribution is 2.27. The average molecular weight is 394 g/mol. The van der Waals surface area contributed by atoms with Gasteiger partial charge in [0.2, 0.25) is 0 Å². The van der Waals surface area contributed by atoms with Gasteiger partial charge in [-0.3, -0.25) is 4.79 Å². The van der Waals surface area contributed by atoms with Crippen molar-refractivity contribution < 1.29 is 13.9 Å². The molecule has 1 aromatic carbocycles. The lowest BCUT2D eigenvalue weighted by Gasteiger charge is -2.22. The molecule has 6 nitrogen and oxygen atoms in total. The molecule has 1 amide bonds. The second kappa shape index (κ2) is 8.86. The number of nitrogens with one attached hydrogen (secondary N) is 1. The second-order valence-electron chi connectivity index (χ2n) is 7.24. The topological polar surface area (TPSA) is 69.0 Å². The van der Waals surface area contributed by atoms with Crippen molar-refractivity contribution in [1.29, 1.82) is 0 Å². The first-order valence-corrected chi connectivity index (χ1v) is 9.90. The molecule has 2 heterocycles. The molecule has 150 valence electrons. The lowest BCUT2D eigenvalue weighted by molar-refractivity contribution is 0.102. The molecule has 0 atom stereocenters. The summed E-state index contributed by atoms with van der Waals surface area (Å²) in [6.07, 6.45) is 9.44. The van der Waals surface area contributed by atoms with Gasteiger partial charge in [0.25, 0.3) is 5.91 Å². The van der Waals surface area contributed by atoms with Gasteiger partial charge in [0.15, 0.2) is 17.3 Å². The molecule has 0 unspecified atom stereocenters. The minimum absolute atomic E-state index is 0.234. The van der Waals surface area contributed by atoms with Crippen molar-refractivity contribution in [3.63, 3.8) is 0 Å². The van der Waals surface area contributed by atoms with Crippen molar-refractivity contribution in [2.45, 2.75) is 32.1 Å². The number of carbonyl (C=O) groups is 1. The highest BCUT2D eigenvalue weighted by molar-refractivity contribution is 6.03. The number of anilines is 1. The molecule has 0 spiro atoms. The maximum atomic E-state index is 13.1. The van der Waals surface area contributed by atoms with Crippen LogP contribution in [0.5, 0.6) is 5.75 Å². The van der Waals surface area contributed by atoms with Gasteiger partial charge in [-0.15, -0.1) is 0 Å². The second-order valence-corrected chi connectivity index (χ2v) is 7.24. The lowest BCUT2D eigenvalue weighted by Crippen LogP contribution is -2.18.